The fraction of sp³-hybridized carbons (Fsp3) is 0.600. The van der Waals surface area contributed by atoms with E-state index in [1.54, 1.807) is 0 Å². The molecule has 0 radical (unpaired) electrons. The predicted molar refractivity (Wildman–Crippen MR) is 73.6 cm³/mol. The van der Waals surface area contributed by atoms with E-state index in [1.807, 2.05) is 6.07 Å². The minimum atomic E-state index is 0.640. The van der Waals surface area contributed by atoms with Crippen molar-refractivity contribution in [3.8, 4) is 5.75 Å². The van der Waals surface area contributed by atoms with Gasteiger partial charge < -0.3 is 10.1 Å². The molecule has 0 aromatic heterocycles. The summed E-state index contributed by atoms with van der Waals surface area (Å²) >= 11 is 0. The van der Waals surface area contributed by atoms with Gasteiger partial charge in [0, 0.05) is 0 Å². The zero-order valence-corrected chi connectivity index (χ0v) is 11.3. The van der Waals surface area contributed by atoms with Crippen LogP contribution in [0.2, 0.25) is 0 Å². The Balaban J connectivity index is 2.56. The van der Waals surface area contributed by atoms with Crippen LogP contribution in [-0.4, -0.2) is 19.7 Å². The maximum absolute atomic E-state index is 5.77. The minimum absolute atomic E-state index is 0.640. The lowest BCUT2D eigenvalue weighted by molar-refractivity contribution is 0.312. The van der Waals surface area contributed by atoms with E-state index in [0.717, 1.165) is 38.3 Å². The molecule has 1 N–H and O–H groups in total. The van der Waals surface area contributed by atoms with Crippen LogP contribution in [0, 0.1) is 5.92 Å². The van der Waals surface area contributed by atoms with E-state index in [9.17, 15) is 0 Å². The van der Waals surface area contributed by atoms with Crippen LogP contribution in [-0.2, 0) is 6.42 Å². The van der Waals surface area contributed by atoms with Gasteiger partial charge in [0.15, 0.2) is 0 Å². The van der Waals surface area contributed by atoms with Gasteiger partial charge in [0.1, 0.15) is 5.75 Å². The summed E-state index contributed by atoms with van der Waals surface area (Å²) in [5.74, 6) is 1.69. The first-order valence-electron chi connectivity index (χ1n) is 6.69. The molecule has 0 aliphatic rings. The molecule has 1 rings (SSSR count). The van der Waals surface area contributed by atoms with Crippen molar-refractivity contribution >= 4 is 0 Å². The number of rotatable bonds is 8. The van der Waals surface area contributed by atoms with Crippen molar-refractivity contribution < 1.29 is 4.74 Å². The molecule has 0 saturated heterocycles. The van der Waals surface area contributed by atoms with Gasteiger partial charge in [-0.15, -0.1) is 0 Å². The van der Waals surface area contributed by atoms with Gasteiger partial charge in [-0.2, -0.15) is 0 Å². The summed E-state index contributed by atoms with van der Waals surface area (Å²) in [6.07, 6.45) is 2.13. The molecule has 1 unspecified atom stereocenters. The summed E-state index contributed by atoms with van der Waals surface area (Å²) in [5, 5.41) is 3.39. The molecule has 0 bridgehead atoms. The highest BCUT2D eigenvalue weighted by Gasteiger charge is 2.07. The molecule has 1 aromatic rings. The predicted octanol–water partition coefficient (Wildman–Crippen LogP) is 3.26. The molecule has 96 valence electrons. The van der Waals surface area contributed by atoms with Crippen LogP contribution in [0.15, 0.2) is 24.3 Å². The van der Waals surface area contributed by atoms with E-state index < -0.39 is 0 Å². The average Bonchev–Trinajstić information content (AvgIpc) is 2.35. The van der Waals surface area contributed by atoms with Crippen molar-refractivity contribution in [1.82, 2.24) is 5.32 Å². The third-order valence-corrected chi connectivity index (χ3v) is 2.75. The third-order valence-electron chi connectivity index (χ3n) is 2.75. The largest absolute Gasteiger partial charge is 0.493 e. The summed E-state index contributed by atoms with van der Waals surface area (Å²) in [4.78, 5) is 0. The number of ether oxygens (including phenoxy) is 1. The van der Waals surface area contributed by atoms with Crippen LogP contribution >= 0.6 is 0 Å². The second kappa shape index (κ2) is 8.13. The molecular formula is C15H25NO. The van der Waals surface area contributed by atoms with Crippen LogP contribution in [0.25, 0.3) is 0 Å². The summed E-state index contributed by atoms with van der Waals surface area (Å²) in [5.41, 5.74) is 1.33. The zero-order valence-electron chi connectivity index (χ0n) is 11.3. The quantitative estimate of drug-likeness (QED) is 0.746. The standard InChI is InChI=1S/C15H25NO/c1-4-10-17-15-9-7-6-8-14(15)11-13(3)12-16-5-2/h6-9,13,16H,4-5,10-12H2,1-3H3. The SMILES string of the molecule is CCCOc1ccccc1CC(C)CNCC. The lowest BCUT2D eigenvalue weighted by Crippen LogP contribution is -2.22. The second-order valence-electron chi connectivity index (χ2n) is 4.57. The lowest BCUT2D eigenvalue weighted by atomic mass is 10.0. The molecule has 0 heterocycles. The maximum Gasteiger partial charge on any atom is 0.122 e. The molecule has 0 amide bonds. The monoisotopic (exact) mass is 235 g/mol. The fourth-order valence-electron chi connectivity index (χ4n) is 1.86. The van der Waals surface area contributed by atoms with E-state index in [2.05, 4.69) is 44.3 Å². The number of hydrogen-bond acceptors (Lipinski definition) is 2. The molecule has 1 aromatic carbocycles. The molecule has 1 atom stereocenters. The van der Waals surface area contributed by atoms with Crippen molar-refractivity contribution in [3.63, 3.8) is 0 Å². The van der Waals surface area contributed by atoms with Gasteiger partial charge in [0.05, 0.1) is 6.61 Å². The second-order valence-corrected chi connectivity index (χ2v) is 4.57. The molecular weight excluding hydrogens is 210 g/mol. The smallest absolute Gasteiger partial charge is 0.122 e. The first-order chi connectivity index (χ1) is 8.27. The molecule has 0 saturated carbocycles. The van der Waals surface area contributed by atoms with Crippen molar-refractivity contribution in [1.29, 1.82) is 0 Å². The Bertz CT molecular complexity index is 312. The fourth-order valence-corrected chi connectivity index (χ4v) is 1.86. The molecule has 17 heavy (non-hydrogen) atoms. The topological polar surface area (TPSA) is 21.3 Å². The normalized spacial score (nSPS) is 12.4. The molecule has 0 fully saturated rings. The Morgan fingerprint density at radius 1 is 1.24 bits per heavy atom. The van der Waals surface area contributed by atoms with Gasteiger partial charge in [-0.05, 0) is 43.5 Å². The molecule has 0 spiro atoms. The van der Waals surface area contributed by atoms with Crippen molar-refractivity contribution in [2.45, 2.75) is 33.6 Å². The Morgan fingerprint density at radius 2 is 2.00 bits per heavy atom. The third kappa shape index (κ3) is 5.22. The van der Waals surface area contributed by atoms with Crippen LogP contribution in [0.3, 0.4) is 0 Å². The highest BCUT2D eigenvalue weighted by molar-refractivity contribution is 5.33. The van der Waals surface area contributed by atoms with Gasteiger partial charge in [-0.3, -0.25) is 0 Å². The van der Waals surface area contributed by atoms with E-state index in [4.69, 9.17) is 4.74 Å². The van der Waals surface area contributed by atoms with Crippen LogP contribution in [0.5, 0.6) is 5.75 Å². The highest BCUT2D eigenvalue weighted by Crippen LogP contribution is 2.21. The Hall–Kier alpha value is -1.02. The van der Waals surface area contributed by atoms with Crippen molar-refractivity contribution in [3.05, 3.63) is 29.8 Å². The van der Waals surface area contributed by atoms with E-state index in [-0.39, 0.29) is 0 Å². The van der Waals surface area contributed by atoms with Gasteiger partial charge in [-0.1, -0.05) is 39.0 Å². The molecule has 2 nitrogen and oxygen atoms in total. The molecule has 2 heteroatoms. The van der Waals surface area contributed by atoms with Crippen LogP contribution in [0.1, 0.15) is 32.8 Å². The Kier molecular flexibility index (Phi) is 6.71. The summed E-state index contributed by atoms with van der Waals surface area (Å²) < 4.78 is 5.77. The van der Waals surface area contributed by atoms with Crippen LogP contribution in [0.4, 0.5) is 0 Å². The number of nitrogens with one attached hydrogen (secondary N) is 1. The van der Waals surface area contributed by atoms with Gasteiger partial charge >= 0.3 is 0 Å². The first kappa shape index (κ1) is 14.0. The summed E-state index contributed by atoms with van der Waals surface area (Å²) in [7, 11) is 0. The van der Waals surface area contributed by atoms with E-state index >= 15 is 0 Å². The number of para-hydroxylation sites is 1. The van der Waals surface area contributed by atoms with Crippen molar-refractivity contribution in [2.24, 2.45) is 5.92 Å². The highest BCUT2D eigenvalue weighted by atomic mass is 16.5. The van der Waals surface area contributed by atoms with Gasteiger partial charge in [-0.25, -0.2) is 0 Å². The van der Waals surface area contributed by atoms with Gasteiger partial charge in [0.25, 0.3) is 0 Å². The van der Waals surface area contributed by atoms with Gasteiger partial charge in [0.2, 0.25) is 0 Å². The maximum atomic E-state index is 5.77. The number of hydrogen-bond donors (Lipinski definition) is 1. The molecule has 0 aliphatic heterocycles. The summed E-state index contributed by atoms with van der Waals surface area (Å²) in [6.45, 7) is 9.47. The average molecular weight is 235 g/mol. The molecule has 0 aliphatic carbocycles. The first-order valence-corrected chi connectivity index (χ1v) is 6.69. The van der Waals surface area contributed by atoms with Crippen molar-refractivity contribution in [2.75, 3.05) is 19.7 Å². The van der Waals surface area contributed by atoms with Crippen LogP contribution < -0.4 is 10.1 Å². The Labute approximate surface area is 105 Å². The van der Waals surface area contributed by atoms with E-state index in [0.29, 0.717) is 5.92 Å². The number of benzene rings is 1. The Morgan fingerprint density at radius 3 is 2.71 bits per heavy atom. The lowest BCUT2D eigenvalue weighted by Gasteiger charge is -2.15. The minimum Gasteiger partial charge on any atom is -0.493 e. The van der Waals surface area contributed by atoms with E-state index in [1.165, 1.54) is 5.56 Å². The zero-order chi connectivity index (χ0) is 12.5. The summed E-state index contributed by atoms with van der Waals surface area (Å²) in [6, 6.07) is 8.38.